The molecule has 0 spiro atoms. The number of thioether (sulfide) groups is 1. The van der Waals surface area contributed by atoms with Crippen molar-refractivity contribution >= 4 is 39.0 Å². The molecule has 1 atom stereocenters. The van der Waals surface area contributed by atoms with Gasteiger partial charge in [-0.25, -0.2) is 4.98 Å². The second kappa shape index (κ2) is 4.86. The number of benzene rings is 1. The highest BCUT2D eigenvalue weighted by atomic mass is 32.2. The molecule has 1 aliphatic heterocycles. The Morgan fingerprint density at radius 1 is 1.41 bits per heavy atom. The van der Waals surface area contributed by atoms with Gasteiger partial charge in [-0.3, -0.25) is 0 Å². The smallest absolute Gasteiger partial charge is 0.0907 e. The molecule has 1 unspecified atom stereocenters. The standard InChI is InChI=1S/C13H16N2S2/c1-9-14-12-5-4-10(7-13(12)17-9)15-11-3-2-6-16-8-11/h4-5,7,11,15H,2-3,6,8H2,1H3. The van der Waals surface area contributed by atoms with Gasteiger partial charge in [0.25, 0.3) is 0 Å². The van der Waals surface area contributed by atoms with Crippen LogP contribution >= 0.6 is 23.1 Å². The van der Waals surface area contributed by atoms with Crippen LogP contribution in [0.25, 0.3) is 10.2 Å². The summed E-state index contributed by atoms with van der Waals surface area (Å²) >= 11 is 3.83. The molecule has 1 aromatic carbocycles. The molecule has 0 saturated carbocycles. The second-order valence-electron chi connectivity index (χ2n) is 4.47. The summed E-state index contributed by atoms with van der Waals surface area (Å²) in [6.45, 7) is 2.07. The van der Waals surface area contributed by atoms with E-state index in [4.69, 9.17) is 0 Å². The van der Waals surface area contributed by atoms with Crippen LogP contribution in [0.1, 0.15) is 17.8 Å². The average molecular weight is 264 g/mol. The monoisotopic (exact) mass is 264 g/mol. The molecule has 0 radical (unpaired) electrons. The number of aryl methyl sites for hydroxylation is 1. The van der Waals surface area contributed by atoms with Crippen LogP contribution in [0.4, 0.5) is 5.69 Å². The van der Waals surface area contributed by atoms with Crippen molar-refractivity contribution < 1.29 is 0 Å². The molecule has 1 fully saturated rings. The molecule has 1 N–H and O–H groups in total. The lowest BCUT2D eigenvalue weighted by atomic mass is 10.1. The van der Waals surface area contributed by atoms with Gasteiger partial charge in [0.15, 0.2) is 0 Å². The van der Waals surface area contributed by atoms with Crippen LogP contribution in [0.2, 0.25) is 0 Å². The molecule has 1 aliphatic rings. The Balaban J connectivity index is 1.79. The van der Waals surface area contributed by atoms with Crippen molar-refractivity contribution in [2.24, 2.45) is 0 Å². The normalized spacial score (nSPS) is 20.6. The molecule has 0 bridgehead atoms. The van der Waals surface area contributed by atoms with E-state index in [1.807, 2.05) is 0 Å². The highest BCUT2D eigenvalue weighted by Gasteiger charge is 2.13. The fourth-order valence-corrected chi connectivity index (χ4v) is 4.16. The van der Waals surface area contributed by atoms with Crippen LogP contribution in [-0.2, 0) is 0 Å². The quantitative estimate of drug-likeness (QED) is 0.890. The van der Waals surface area contributed by atoms with E-state index in [0.717, 1.165) is 10.5 Å². The largest absolute Gasteiger partial charge is 0.381 e. The summed E-state index contributed by atoms with van der Waals surface area (Å²) in [6, 6.07) is 7.15. The first kappa shape index (κ1) is 11.4. The first-order valence-corrected chi connectivity index (χ1v) is 8.00. The number of fused-ring (bicyclic) bond motifs is 1. The van der Waals surface area contributed by atoms with Crippen LogP contribution in [0, 0.1) is 6.92 Å². The Labute approximate surface area is 110 Å². The number of hydrogen-bond donors (Lipinski definition) is 1. The number of nitrogens with one attached hydrogen (secondary N) is 1. The van der Waals surface area contributed by atoms with Gasteiger partial charge in [-0.1, -0.05) is 0 Å². The molecule has 0 amide bonds. The van der Waals surface area contributed by atoms with Crippen molar-refractivity contribution in [3.05, 3.63) is 23.2 Å². The maximum Gasteiger partial charge on any atom is 0.0907 e. The summed E-state index contributed by atoms with van der Waals surface area (Å²) in [5.74, 6) is 2.56. The fraction of sp³-hybridized carbons (Fsp3) is 0.462. The number of rotatable bonds is 2. The predicted octanol–water partition coefficient (Wildman–Crippen LogP) is 3.91. The maximum absolute atomic E-state index is 4.49. The number of nitrogens with zero attached hydrogens (tertiary/aromatic N) is 1. The maximum atomic E-state index is 4.49. The van der Waals surface area contributed by atoms with Gasteiger partial charge in [0.1, 0.15) is 0 Å². The summed E-state index contributed by atoms with van der Waals surface area (Å²) in [5, 5.41) is 4.78. The molecule has 2 heterocycles. The van der Waals surface area contributed by atoms with Crippen LogP contribution in [0.5, 0.6) is 0 Å². The molecule has 2 aromatic rings. The zero-order valence-corrected chi connectivity index (χ0v) is 11.5. The van der Waals surface area contributed by atoms with Gasteiger partial charge < -0.3 is 5.32 Å². The molecule has 0 aliphatic carbocycles. The van der Waals surface area contributed by atoms with Crippen molar-refractivity contribution in [2.45, 2.75) is 25.8 Å². The second-order valence-corrected chi connectivity index (χ2v) is 6.86. The van der Waals surface area contributed by atoms with Crippen molar-refractivity contribution in [3.63, 3.8) is 0 Å². The van der Waals surface area contributed by atoms with E-state index in [9.17, 15) is 0 Å². The van der Waals surface area contributed by atoms with Crippen molar-refractivity contribution in [2.75, 3.05) is 16.8 Å². The zero-order valence-electron chi connectivity index (χ0n) is 9.90. The van der Waals surface area contributed by atoms with E-state index in [0.29, 0.717) is 6.04 Å². The van der Waals surface area contributed by atoms with Gasteiger partial charge in [-0.15, -0.1) is 11.3 Å². The Kier molecular flexibility index (Phi) is 3.25. The fourth-order valence-electron chi connectivity index (χ4n) is 2.22. The lowest BCUT2D eigenvalue weighted by Crippen LogP contribution is -2.25. The highest BCUT2D eigenvalue weighted by Crippen LogP contribution is 2.26. The van der Waals surface area contributed by atoms with Crippen molar-refractivity contribution in [1.29, 1.82) is 0 Å². The first-order valence-electron chi connectivity index (χ1n) is 6.03. The molecular formula is C13H16N2S2. The van der Waals surface area contributed by atoms with E-state index >= 15 is 0 Å². The highest BCUT2D eigenvalue weighted by molar-refractivity contribution is 7.99. The van der Waals surface area contributed by atoms with Crippen LogP contribution in [0.3, 0.4) is 0 Å². The minimum Gasteiger partial charge on any atom is -0.381 e. The van der Waals surface area contributed by atoms with E-state index in [-0.39, 0.29) is 0 Å². The van der Waals surface area contributed by atoms with Gasteiger partial charge in [0.05, 0.1) is 15.2 Å². The van der Waals surface area contributed by atoms with E-state index in [1.54, 1.807) is 11.3 Å². The average Bonchev–Trinajstić information content (AvgIpc) is 2.70. The van der Waals surface area contributed by atoms with E-state index in [1.165, 1.54) is 34.7 Å². The molecule has 3 rings (SSSR count). The van der Waals surface area contributed by atoms with Crippen molar-refractivity contribution in [1.82, 2.24) is 4.98 Å². The number of hydrogen-bond acceptors (Lipinski definition) is 4. The third kappa shape index (κ3) is 2.58. The topological polar surface area (TPSA) is 24.9 Å². The van der Waals surface area contributed by atoms with Crippen LogP contribution in [0.15, 0.2) is 18.2 Å². The number of thiazole rings is 1. The number of aromatic nitrogens is 1. The summed E-state index contributed by atoms with van der Waals surface area (Å²) in [7, 11) is 0. The van der Waals surface area contributed by atoms with E-state index < -0.39 is 0 Å². The summed E-state index contributed by atoms with van der Waals surface area (Å²) < 4.78 is 1.29. The van der Waals surface area contributed by atoms with Crippen LogP contribution < -0.4 is 5.32 Å². The summed E-state index contributed by atoms with van der Waals surface area (Å²) in [6.07, 6.45) is 2.64. The molecule has 1 saturated heterocycles. The zero-order chi connectivity index (χ0) is 11.7. The molecule has 4 heteroatoms. The van der Waals surface area contributed by atoms with Gasteiger partial charge >= 0.3 is 0 Å². The third-order valence-electron chi connectivity index (χ3n) is 3.03. The lowest BCUT2D eigenvalue weighted by molar-refractivity contribution is 0.685. The Morgan fingerprint density at radius 3 is 3.18 bits per heavy atom. The Hall–Kier alpha value is -0.740. The lowest BCUT2D eigenvalue weighted by Gasteiger charge is -2.23. The van der Waals surface area contributed by atoms with Crippen molar-refractivity contribution in [3.8, 4) is 0 Å². The summed E-state index contributed by atoms with van der Waals surface area (Å²) in [5.41, 5.74) is 2.37. The van der Waals surface area contributed by atoms with Gasteiger partial charge in [0, 0.05) is 17.5 Å². The van der Waals surface area contributed by atoms with Gasteiger partial charge in [0.2, 0.25) is 0 Å². The minimum atomic E-state index is 0.639. The predicted molar refractivity (Wildman–Crippen MR) is 78.3 cm³/mol. The summed E-state index contributed by atoms with van der Waals surface area (Å²) in [4.78, 5) is 4.49. The molecule has 17 heavy (non-hydrogen) atoms. The first-order chi connectivity index (χ1) is 8.31. The minimum absolute atomic E-state index is 0.639. The molecule has 2 nitrogen and oxygen atoms in total. The Morgan fingerprint density at radius 2 is 2.35 bits per heavy atom. The van der Waals surface area contributed by atoms with E-state index in [2.05, 4.69) is 47.2 Å². The van der Waals surface area contributed by atoms with Crippen LogP contribution in [-0.4, -0.2) is 22.5 Å². The molecule has 90 valence electrons. The SMILES string of the molecule is Cc1nc2ccc(NC3CCCSC3)cc2s1. The molecule has 1 aromatic heterocycles. The Bertz CT molecular complexity index is 515. The third-order valence-corrected chi connectivity index (χ3v) is 5.18. The molecular weight excluding hydrogens is 248 g/mol. The van der Waals surface area contributed by atoms with Gasteiger partial charge in [-0.05, 0) is 43.7 Å². The number of anilines is 1. The van der Waals surface area contributed by atoms with Gasteiger partial charge in [-0.2, -0.15) is 11.8 Å².